The van der Waals surface area contributed by atoms with Gasteiger partial charge in [0, 0.05) is 5.56 Å². The number of halogens is 1. The number of alkyl halides is 1. The van der Waals surface area contributed by atoms with Crippen molar-refractivity contribution in [3.8, 4) is 0 Å². The largest absolute Gasteiger partial charge is 0.303 e. The monoisotopic (exact) mass is 285 g/mol. The Balaban J connectivity index is 2.14. The van der Waals surface area contributed by atoms with Crippen LogP contribution in [0.1, 0.15) is 34.8 Å². The van der Waals surface area contributed by atoms with Crippen molar-refractivity contribution in [1.29, 1.82) is 0 Å². The van der Waals surface area contributed by atoms with Crippen molar-refractivity contribution in [3.63, 3.8) is 0 Å². The van der Waals surface area contributed by atoms with E-state index in [1.165, 1.54) is 0 Å². The fourth-order valence-corrected chi connectivity index (χ4v) is 2.24. The van der Waals surface area contributed by atoms with Gasteiger partial charge in [-0.25, -0.2) is 0 Å². The van der Waals surface area contributed by atoms with Crippen molar-refractivity contribution in [3.05, 3.63) is 71.8 Å². The average Bonchev–Trinajstić information content (AvgIpc) is 2.56. The Morgan fingerprint density at radius 2 is 1.57 bits per heavy atom. The van der Waals surface area contributed by atoms with Crippen molar-refractivity contribution in [1.82, 2.24) is 5.32 Å². The van der Waals surface area contributed by atoms with Gasteiger partial charge in [0.25, 0.3) is 0 Å². The summed E-state index contributed by atoms with van der Waals surface area (Å²) in [5.74, 6) is 0.0436. The lowest BCUT2D eigenvalue weighted by atomic mass is 9.97. The lowest BCUT2D eigenvalue weighted by molar-refractivity contribution is 0.0942. The van der Waals surface area contributed by atoms with Gasteiger partial charge in [0.15, 0.2) is 5.78 Å². The van der Waals surface area contributed by atoms with Crippen LogP contribution in [0, 0.1) is 0 Å². The highest BCUT2D eigenvalue weighted by Crippen LogP contribution is 2.18. The number of benzene rings is 2. The number of rotatable bonds is 8. The topological polar surface area (TPSA) is 29.1 Å². The molecule has 21 heavy (non-hydrogen) atoms. The zero-order valence-electron chi connectivity index (χ0n) is 12.0. The van der Waals surface area contributed by atoms with Gasteiger partial charge < -0.3 is 5.32 Å². The van der Waals surface area contributed by atoms with Gasteiger partial charge in [-0.05, 0) is 24.9 Å². The summed E-state index contributed by atoms with van der Waals surface area (Å²) in [6.45, 7) is 0.312. The van der Waals surface area contributed by atoms with E-state index in [9.17, 15) is 9.18 Å². The smallest absolute Gasteiger partial charge is 0.184 e. The molecule has 3 heteroatoms. The summed E-state index contributed by atoms with van der Waals surface area (Å²) in [5, 5.41) is 3.25. The molecule has 0 radical (unpaired) electrons. The Morgan fingerprint density at radius 1 is 0.952 bits per heavy atom. The standard InChI is InChI=1S/C18H20FNO/c19-13-7-8-14-20-17(15-9-3-1-4-10-15)18(21)16-11-5-2-6-12-16/h1-6,9-12,17,20H,7-8,13-14H2. The Kier molecular flexibility index (Phi) is 6.10. The molecule has 0 saturated heterocycles. The van der Waals surface area contributed by atoms with Gasteiger partial charge in [0.05, 0.1) is 12.7 Å². The van der Waals surface area contributed by atoms with Crippen LogP contribution < -0.4 is 5.32 Å². The van der Waals surface area contributed by atoms with Crippen molar-refractivity contribution < 1.29 is 9.18 Å². The minimum Gasteiger partial charge on any atom is -0.303 e. The molecule has 0 heterocycles. The summed E-state index contributed by atoms with van der Waals surface area (Å²) in [5.41, 5.74) is 1.62. The molecule has 0 spiro atoms. The van der Waals surface area contributed by atoms with Crippen LogP contribution in [-0.4, -0.2) is 19.0 Å². The SMILES string of the molecule is O=C(c1ccccc1)C(NCCCCF)c1ccccc1. The third-order valence-electron chi connectivity index (χ3n) is 3.36. The van der Waals surface area contributed by atoms with Gasteiger partial charge in [0.2, 0.25) is 0 Å². The normalized spacial score (nSPS) is 12.0. The van der Waals surface area contributed by atoms with Gasteiger partial charge in [0.1, 0.15) is 0 Å². The third-order valence-corrected chi connectivity index (χ3v) is 3.36. The molecule has 0 aromatic heterocycles. The van der Waals surface area contributed by atoms with Crippen LogP contribution in [0.25, 0.3) is 0 Å². The van der Waals surface area contributed by atoms with Gasteiger partial charge in [-0.1, -0.05) is 60.7 Å². The van der Waals surface area contributed by atoms with E-state index < -0.39 is 0 Å². The van der Waals surface area contributed by atoms with E-state index in [1.807, 2.05) is 60.7 Å². The van der Waals surface area contributed by atoms with Crippen molar-refractivity contribution >= 4 is 5.78 Å². The third kappa shape index (κ3) is 4.50. The number of nitrogens with one attached hydrogen (secondary N) is 1. The summed E-state index contributed by atoms with van der Waals surface area (Å²) in [6.07, 6.45) is 1.25. The van der Waals surface area contributed by atoms with Crippen LogP contribution >= 0.6 is 0 Å². The second-order valence-electron chi connectivity index (χ2n) is 4.92. The molecule has 0 aliphatic heterocycles. The molecule has 2 aromatic carbocycles. The number of carbonyl (C=O) groups excluding carboxylic acids is 1. The van der Waals surface area contributed by atoms with Crippen LogP contribution in [0.4, 0.5) is 4.39 Å². The Bertz CT molecular complexity index is 542. The van der Waals surface area contributed by atoms with Crippen molar-refractivity contribution in [2.24, 2.45) is 0 Å². The summed E-state index contributed by atoms with van der Waals surface area (Å²) in [4.78, 5) is 12.7. The summed E-state index contributed by atoms with van der Waals surface area (Å²) >= 11 is 0. The lowest BCUT2D eigenvalue weighted by Crippen LogP contribution is -2.29. The summed E-state index contributed by atoms with van der Waals surface area (Å²) in [6, 6.07) is 18.5. The molecular weight excluding hydrogens is 265 g/mol. The highest BCUT2D eigenvalue weighted by atomic mass is 19.1. The first-order chi connectivity index (χ1) is 10.3. The van der Waals surface area contributed by atoms with E-state index in [1.54, 1.807) is 0 Å². The molecule has 110 valence electrons. The maximum Gasteiger partial charge on any atom is 0.184 e. The molecule has 0 saturated carbocycles. The Labute approximate surface area is 125 Å². The highest BCUT2D eigenvalue weighted by Gasteiger charge is 2.20. The van der Waals surface area contributed by atoms with Gasteiger partial charge >= 0.3 is 0 Å². The van der Waals surface area contributed by atoms with Crippen molar-refractivity contribution in [2.75, 3.05) is 13.2 Å². The molecule has 0 bridgehead atoms. The van der Waals surface area contributed by atoms with E-state index in [0.29, 0.717) is 18.5 Å². The van der Waals surface area contributed by atoms with E-state index in [0.717, 1.165) is 12.0 Å². The first-order valence-electron chi connectivity index (χ1n) is 7.26. The molecule has 2 rings (SSSR count). The number of ketones is 1. The number of carbonyl (C=O) groups is 1. The van der Waals surface area contributed by atoms with E-state index in [4.69, 9.17) is 0 Å². The van der Waals surface area contributed by atoms with E-state index in [2.05, 4.69) is 5.32 Å². The van der Waals surface area contributed by atoms with Crippen LogP contribution in [0.3, 0.4) is 0 Å². The van der Waals surface area contributed by atoms with Crippen molar-refractivity contribution in [2.45, 2.75) is 18.9 Å². The molecule has 0 aliphatic rings. The quantitative estimate of drug-likeness (QED) is 0.588. The van der Waals surface area contributed by atoms with Crippen LogP contribution in [0.15, 0.2) is 60.7 Å². The molecule has 1 unspecified atom stereocenters. The van der Waals surface area contributed by atoms with Crippen LogP contribution in [0.5, 0.6) is 0 Å². The van der Waals surface area contributed by atoms with Gasteiger partial charge in [-0.2, -0.15) is 0 Å². The minimum absolute atomic E-state index is 0.0436. The number of Topliss-reactive ketones (excluding diaryl/α,β-unsaturated/α-hetero) is 1. The fourth-order valence-electron chi connectivity index (χ4n) is 2.24. The molecule has 0 amide bonds. The molecule has 2 nitrogen and oxygen atoms in total. The molecule has 1 atom stereocenters. The second-order valence-corrected chi connectivity index (χ2v) is 4.92. The van der Waals surface area contributed by atoms with Crippen LogP contribution in [-0.2, 0) is 0 Å². The second kappa shape index (κ2) is 8.32. The van der Waals surface area contributed by atoms with E-state index in [-0.39, 0.29) is 18.5 Å². The molecular formula is C18H20FNO. The predicted molar refractivity (Wildman–Crippen MR) is 83.2 cm³/mol. The lowest BCUT2D eigenvalue weighted by Gasteiger charge is -2.18. The van der Waals surface area contributed by atoms with Crippen LogP contribution in [0.2, 0.25) is 0 Å². The van der Waals surface area contributed by atoms with E-state index >= 15 is 0 Å². The molecule has 0 fully saturated rings. The minimum atomic E-state index is -0.381. The predicted octanol–water partition coefficient (Wildman–Crippen LogP) is 3.95. The fraction of sp³-hybridized carbons (Fsp3) is 0.278. The number of hydrogen-bond donors (Lipinski definition) is 1. The van der Waals surface area contributed by atoms with Gasteiger partial charge in [-0.3, -0.25) is 9.18 Å². The Morgan fingerprint density at radius 3 is 2.19 bits per heavy atom. The number of hydrogen-bond acceptors (Lipinski definition) is 2. The number of unbranched alkanes of at least 4 members (excludes halogenated alkanes) is 1. The summed E-state index contributed by atoms with van der Waals surface area (Å²) in [7, 11) is 0. The molecule has 0 aliphatic carbocycles. The maximum atomic E-state index is 12.7. The first-order valence-corrected chi connectivity index (χ1v) is 7.26. The highest BCUT2D eigenvalue weighted by molar-refractivity contribution is 6.00. The zero-order chi connectivity index (χ0) is 14.9. The first kappa shape index (κ1) is 15.4. The Hall–Kier alpha value is -2.00. The maximum absolute atomic E-state index is 12.7. The summed E-state index contributed by atoms with van der Waals surface area (Å²) < 4.78 is 12.2. The zero-order valence-corrected chi connectivity index (χ0v) is 12.0. The molecule has 1 N–H and O–H groups in total. The molecule has 2 aromatic rings. The van der Waals surface area contributed by atoms with Gasteiger partial charge in [-0.15, -0.1) is 0 Å². The average molecular weight is 285 g/mol.